The fourth-order valence-electron chi connectivity index (χ4n) is 1.32. The molecule has 0 aromatic heterocycles. The van der Waals surface area contributed by atoms with Crippen LogP contribution in [-0.4, -0.2) is 18.5 Å². The molecule has 0 aliphatic heterocycles. The van der Waals surface area contributed by atoms with Crippen LogP contribution in [0.25, 0.3) is 0 Å². The zero-order valence-electron chi connectivity index (χ0n) is 8.66. The second kappa shape index (κ2) is 5.73. The lowest BCUT2D eigenvalue weighted by Crippen LogP contribution is -2.35. The quantitative estimate of drug-likeness (QED) is 0.796. The molecule has 1 aromatic rings. The van der Waals surface area contributed by atoms with Crippen molar-refractivity contribution in [1.29, 1.82) is 0 Å². The van der Waals surface area contributed by atoms with Crippen molar-refractivity contribution in [2.24, 2.45) is 5.73 Å². The largest absolute Gasteiger partial charge is 0.369 e. The summed E-state index contributed by atoms with van der Waals surface area (Å²) in [6.45, 7) is 2.23. The molecule has 1 amide bonds. The summed E-state index contributed by atoms with van der Waals surface area (Å²) in [7, 11) is 0. The molecule has 0 aliphatic rings. The standard InChI is InChI=1S/C11H15ClN2O/c1-8(14-7-11(13)15)6-9-2-4-10(12)5-3-9/h2-5,8,14H,6-7H2,1H3,(H2,13,15). The molecule has 15 heavy (non-hydrogen) atoms. The third-order valence-corrected chi connectivity index (χ3v) is 2.33. The zero-order valence-corrected chi connectivity index (χ0v) is 9.42. The van der Waals surface area contributed by atoms with Crippen molar-refractivity contribution in [2.75, 3.05) is 6.54 Å². The number of rotatable bonds is 5. The Balaban J connectivity index is 2.40. The van der Waals surface area contributed by atoms with Crippen LogP contribution >= 0.6 is 11.6 Å². The first-order chi connectivity index (χ1) is 7.08. The lowest BCUT2D eigenvalue weighted by atomic mass is 10.1. The van der Waals surface area contributed by atoms with Gasteiger partial charge in [0.25, 0.3) is 0 Å². The lowest BCUT2D eigenvalue weighted by Gasteiger charge is -2.12. The summed E-state index contributed by atoms with van der Waals surface area (Å²) in [6, 6.07) is 7.89. The summed E-state index contributed by atoms with van der Waals surface area (Å²) >= 11 is 5.77. The van der Waals surface area contributed by atoms with E-state index < -0.39 is 0 Å². The minimum atomic E-state index is -0.335. The van der Waals surface area contributed by atoms with Crippen LogP contribution in [0.3, 0.4) is 0 Å². The van der Waals surface area contributed by atoms with Crippen LogP contribution in [0.15, 0.2) is 24.3 Å². The van der Waals surface area contributed by atoms with E-state index in [4.69, 9.17) is 17.3 Å². The molecule has 3 nitrogen and oxygen atoms in total. The van der Waals surface area contributed by atoms with E-state index in [1.807, 2.05) is 31.2 Å². The monoisotopic (exact) mass is 226 g/mol. The summed E-state index contributed by atoms with van der Waals surface area (Å²) in [5.41, 5.74) is 6.22. The number of primary amides is 1. The normalized spacial score (nSPS) is 12.4. The van der Waals surface area contributed by atoms with Gasteiger partial charge in [0.05, 0.1) is 6.54 Å². The zero-order chi connectivity index (χ0) is 11.3. The SMILES string of the molecule is CC(Cc1ccc(Cl)cc1)NCC(N)=O. The van der Waals surface area contributed by atoms with Crippen LogP contribution < -0.4 is 11.1 Å². The average molecular weight is 227 g/mol. The Morgan fingerprint density at radius 1 is 1.47 bits per heavy atom. The molecular formula is C11H15ClN2O. The molecule has 0 bridgehead atoms. The van der Waals surface area contributed by atoms with Crippen molar-refractivity contribution in [3.05, 3.63) is 34.9 Å². The Morgan fingerprint density at radius 3 is 2.60 bits per heavy atom. The highest BCUT2D eigenvalue weighted by atomic mass is 35.5. The lowest BCUT2D eigenvalue weighted by molar-refractivity contribution is -0.117. The second-order valence-electron chi connectivity index (χ2n) is 3.58. The van der Waals surface area contributed by atoms with Gasteiger partial charge < -0.3 is 11.1 Å². The number of halogens is 1. The Kier molecular flexibility index (Phi) is 4.59. The smallest absolute Gasteiger partial charge is 0.231 e. The average Bonchev–Trinajstić information content (AvgIpc) is 2.19. The number of hydrogen-bond acceptors (Lipinski definition) is 2. The highest BCUT2D eigenvalue weighted by molar-refractivity contribution is 6.30. The molecule has 0 radical (unpaired) electrons. The van der Waals surface area contributed by atoms with Gasteiger partial charge in [-0.3, -0.25) is 4.79 Å². The number of benzene rings is 1. The van der Waals surface area contributed by atoms with Gasteiger partial charge in [-0.25, -0.2) is 0 Å². The Hall–Kier alpha value is -1.06. The highest BCUT2D eigenvalue weighted by Gasteiger charge is 2.04. The topological polar surface area (TPSA) is 55.1 Å². The van der Waals surface area contributed by atoms with E-state index >= 15 is 0 Å². The summed E-state index contributed by atoms with van der Waals surface area (Å²) < 4.78 is 0. The molecule has 1 rings (SSSR count). The molecule has 1 aromatic carbocycles. The fourth-order valence-corrected chi connectivity index (χ4v) is 1.45. The summed E-state index contributed by atoms with van der Waals surface area (Å²) in [5, 5.41) is 3.77. The van der Waals surface area contributed by atoms with Crippen LogP contribution in [-0.2, 0) is 11.2 Å². The molecule has 0 saturated carbocycles. The maximum absolute atomic E-state index is 10.5. The summed E-state index contributed by atoms with van der Waals surface area (Å²) in [4.78, 5) is 10.5. The molecule has 0 heterocycles. The number of hydrogen-bond donors (Lipinski definition) is 2. The Morgan fingerprint density at radius 2 is 2.07 bits per heavy atom. The van der Waals surface area contributed by atoms with Gasteiger partial charge in [0.2, 0.25) is 5.91 Å². The number of carbonyl (C=O) groups excluding carboxylic acids is 1. The Labute approximate surface area is 94.6 Å². The highest BCUT2D eigenvalue weighted by Crippen LogP contribution is 2.10. The Bertz CT molecular complexity index is 324. The van der Waals surface area contributed by atoms with E-state index in [1.54, 1.807) is 0 Å². The van der Waals surface area contributed by atoms with Gasteiger partial charge in [-0.15, -0.1) is 0 Å². The minimum Gasteiger partial charge on any atom is -0.369 e. The van der Waals surface area contributed by atoms with E-state index in [-0.39, 0.29) is 18.5 Å². The first-order valence-corrected chi connectivity index (χ1v) is 5.22. The number of nitrogens with two attached hydrogens (primary N) is 1. The van der Waals surface area contributed by atoms with E-state index in [0.717, 1.165) is 11.4 Å². The third-order valence-electron chi connectivity index (χ3n) is 2.08. The molecule has 0 aliphatic carbocycles. The second-order valence-corrected chi connectivity index (χ2v) is 4.02. The van der Waals surface area contributed by atoms with Crippen LogP contribution in [0.2, 0.25) is 5.02 Å². The molecule has 0 saturated heterocycles. The van der Waals surface area contributed by atoms with Crippen LogP contribution in [0.4, 0.5) is 0 Å². The third kappa shape index (κ3) is 4.81. The van der Waals surface area contributed by atoms with Crippen molar-refractivity contribution in [2.45, 2.75) is 19.4 Å². The van der Waals surface area contributed by atoms with E-state index in [1.165, 1.54) is 5.56 Å². The van der Waals surface area contributed by atoms with Gasteiger partial charge in [0.15, 0.2) is 0 Å². The molecule has 1 atom stereocenters. The van der Waals surface area contributed by atoms with Crippen molar-refractivity contribution < 1.29 is 4.79 Å². The maximum Gasteiger partial charge on any atom is 0.231 e. The summed E-state index contributed by atoms with van der Waals surface area (Å²) in [5.74, 6) is -0.335. The number of nitrogens with one attached hydrogen (secondary N) is 1. The molecule has 4 heteroatoms. The van der Waals surface area contributed by atoms with Gasteiger partial charge >= 0.3 is 0 Å². The molecule has 0 spiro atoms. The molecule has 0 fully saturated rings. The first kappa shape index (κ1) is 12.0. The van der Waals surface area contributed by atoms with Crippen molar-refractivity contribution in [3.63, 3.8) is 0 Å². The minimum absolute atomic E-state index is 0.217. The van der Waals surface area contributed by atoms with Crippen molar-refractivity contribution >= 4 is 17.5 Å². The molecule has 1 unspecified atom stereocenters. The van der Waals surface area contributed by atoms with Gasteiger partial charge in [-0.2, -0.15) is 0 Å². The fraction of sp³-hybridized carbons (Fsp3) is 0.364. The van der Waals surface area contributed by atoms with E-state index in [0.29, 0.717) is 0 Å². The van der Waals surface area contributed by atoms with Crippen molar-refractivity contribution in [1.82, 2.24) is 5.32 Å². The number of carbonyl (C=O) groups is 1. The number of amides is 1. The first-order valence-electron chi connectivity index (χ1n) is 4.84. The van der Waals surface area contributed by atoms with Crippen LogP contribution in [0, 0.1) is 0 Å². The van der Waals surface area contributed by atoms with Gasteiger partial charge in [0.1, 0.15) is 0 Å². The molecule has 82 valence electrons. The summed E-state index contributed by atoms with van der Waals surface area (Å²) in [6.07, 6.45) is 0.852. The van der Waals surface area contributed by atoms with Gasteiger partial charge in [-0.1, -0.05) is 23.7 Å². The van der Waals surface area contributed by atoms with E-state index in [9.17, 15) is 4.79 Å². The molecular weight excluding hydrogens is 212 g/mol. The maximum atomic E-state index is 10.5. The molecule has 3 N–H and O–H groups in total. The van der Waals surface area contributed by atoms with Crippen LogP contribution in [0.5, 0.6) is 0 Å². The van der Waals surface area contributed by atoms with E-state index in [2.05, 4.69) is 5.32 Å². The van der Waals surface area contributed by atoms with Crippen molar-refractivity contribution in [3.8, 4) is 0 Å². The van der Waals surface area contributed by atoms with Crippen LogP contribution in [0.1, 0.15) is 12.5 Å². The predicted molar refractivity (Wildman–Crippen MR) is 61.8 cm³/mol. The van der Waals surface area contributed by atoms with Gasteiger partial charge in [0, 0.05) is 11.1 Å². The van der Waals surface area contributed by atoms with Gasteiger partial charge in [-0.05, 0) is 31.0 Å². The predicted octanol–water partition coefficient (Wildman–Crippen LogP) is 1.35.